The number of ether oxygens (including phenoxy) is 1. The number of aromatic nitrogens is 1. The lowest BCUT2D eigenvalue weighted by Crippen LogP contribution is -2.42. The summed E-state index contributed by atoms with van der Waals surface area (Å²) in [4.78, 5) is 37.8. The van der Waals surface area contributed by atoms with Crippen molar-refractivity contribution in [3.63, 3.8) is 0 Å². The number of likely N-dealkylation sites (N-methyl/N-ethyl adjacent to an activating group) is 1. The lowest BCUT2D eigenvalue weighted by molar-refractivity contribution is -0.129. The van der Waals surface area contributed by atoms with Gasteiger partial charge in [0.15, 0.2) is 5.78 Å². The van der Waals surface area contributed by atoms with Gasteiger partial charge in [0.05, 0.1) is 13.2 Å². The van der Waals surface area contributed by atoms with Crippen molar-refractivity contribution in [3.8, 4) is 0 Å². The van der Waals surface area contributed by atoms with E-state index in [1.54, 1.807) is 32.4 Å². The van der Waals surface area contributed by atoms with E-state index in [1.165, 1.54) is 18.9 Å². The highest BCUT2D eigenvalue weighted by molar-refractivity contribution is 6.06. The fourth-order valence-corrected chi connectivity index (χ4v) is 2.85. The van der Waals surface area contributed by atoms with Crippen LogP contribution >= 0.6 is 0 Å². The number of carbonyl (C=O) groups is 3. The molecule has 0 bridgehead atoms. The molecular weight excluding hydrogens is 284 g/mol. The molecule has 0 aliphatic rings. The second kappa shape index (κ2) is 6.77. The maximum Gasteiger partial charge on any atom is 0.354 e. The Morgan fingerprint density at radius 3 is 2.23 bits per heavy atom. The van der Waals surface area contributed by atoms with E-state index in [0.29, 0.717) is 29.1 Å². The Morgan fingerprint density at radius 2 is 1.82 bits per heavy atom. The van der Waals surface area contributed by atoms with Gasteiger partial charge in [-0.2, -0.15) is 0 Å². The van der Waals surface area contributed by atoms with Gasteiger partial charge in [0.2, 0.25) is 5.91 Å². The van der Waals surface area contributed by atoms with Crippen LogP contribution in [0.25, 0.3) is 0 Å². The maximum absolute atomic E-state index is 12.8. The maximum atomic E-state index is 12.8. The van der Waals surface area contributed by atoms with Crippen molar-refractivity contribution in [1.82, 2.24) is 9.47 Å². The quantitative estimate of drug-likeness (QED) is 0.615. The zero-order valence-corrected chi connectivity index (χ0v) is 14.3. The molecular formula is C16H24N2O4. The second-order valence-electron chi connectivity index (χ2n) is 5.33. The molecule has 1 aromatic rings. The lowest BCUT2D eigenvalue weighted by atomic mass is 10.00. The van der Waals surface area contributed by atoms with Gasteiger partial charge < -0.3 is 14.2 Å². The third-order valence-electron chi connectivity index (χ3n) is 4.15. The fraction of sp³-hybridized carbons (Fsp3) is 0.562. The first-order valence-corrected chi connectivity index (χ1v) is 7.24. The predicted molar refractivity (Wildman–Crippen MR) is 83.1 cm³/mol. The topological polar surface area (TPSA) is 68.6 Å². The lowest BCUT2D eigenvalue weighted by Gasteiger charge is -2.26. The van der Waals surface area contributed by atoms with E-state index in [-0.39, 0.29) is 11.7 Å². The predicted octanol–water partition coefficient (Wildman–Crippen LogP) is 1.87. The van der Waals surface area contributed by atoms with Crippen molar-refractivity contribution in [2.24, 2.45) is 7.05 Å². The van der Waals surface area contributed by atoms with E-state index in [0.717, 1.165) is 0 Å². The monoisotopic (exact) mass is 308 g/mol. The molecule has 0 aromatic carbocycles. The van der Waals surface area contributed by atoms with Crippen molar-refractivity contribution >= 4 is 17.7 Å². The third-order valence-corrected chi connectivity index (χ3v) is 4.15. The largest absolute Gasteiger partial charge is 0.464 e. The number of Topliss-reactive ketones (excluding diaryl/α,β-unsaturated/α-hetero) is 1. The molecule has 1 rings (SSSR count). The van der Waals surface area contributed by atoms with Gasteiger partial charge in [0, 0.05) is 31.8 Å². The first kappa shape index (κ1) is 17.9. The highest BCUT2D eigenvalue weighted by atomic mass is 16.5. The molecule has 1 atom stereocenters. The number of nitrogens with zero attached hydrogens (tertiary/aromatic N) is 2. The van der Waals surface area contributed by atoms with Crippen LogP contribution in [0.3, 0.4) is 0 Å². The second-order valence-corrected chi connectivity index (χ2v) is 5.33. The average molecular weight is 308 g/mol. The number of rotatable bonds is 5. The molecule has 0 saturated carbocycles. The normalized spacial score (nSPS) is 12.0. The van der Waals surface area contributed by atoms with Crippen LogP contribution in [-0.2, 0) is 16.6 Å². The molecule has 6 nitrogen and oxygen atoms in total. The standard InChI is InChI=1S/C16H24N2O4/c1-8-18(12(5)19)11(4)15(20)13-9(2)14(16(21)22-7)17(6)10(13)3/h11H,8H2,1-7H3. The summed E-state index contributed by atoms with van der Waals surface area (Å²) in [5.41, 5.74) is 2.12. The summed E-state index contributed by atoms with van der Waals surface area (Å²) in [6.45, 7) is 8.94. The third kappa shape index (κ3) is 2.91. The van der Waals surface area contributed by atoms with Crippen LogP contribution in [-0.4, -0.2) is 46.8 Å². The number of carbonyl (C=O) groups excluding carboxylic acids is 3. The first-order valence-electron chi connectivity index (χ1n) is 7.24. The van der Waals surface area contributed by atoms with Crippen molar-refractivity contribution in [2.45, 2.75) is 40.7 Å². The summed E-state index contributed by atoms with van der Waals surface area (Å²) < 4.78 is 6.44. The van der Waals surface area contributed by atoms with E-state index in [9.17, 15) is 14.4 Å². The van der Waals surface area contributed by atoms with E-state index in [2.05, 4.69) is 0 Å². The molecule has 0 spiro atoms. The average Bonchev–Trinajstić information content (AvgIpc) is 2.68. The van der Waals surface area contributed by atoms with Gasteiger partial charge in [0.1, 0.15) is 5.69 Å². The van der Waals surface area contributed by atoms with Crippen LogP contribution in [0.5, 0.6) is 0 Å². The van der Waals surface area contributed by atoms with Crippen LogP contribution in [0.1, 0.15) is 52.9 Å². The summed E-state index contributed by atoms with van der Waals surface area (Å²) in [5.74, 6) is -0.797. The Kier molecular flexibility index (Phi) is 5.52. The molecule has 0 aliphatic heterocycles. The van der Waals surface area contributed by atoms with Crippen molar-refractivity contribution in [3.05, 3.63) is 22.5 Å². The van der Waals surface area contributed by atoms with Gasteiger partial charge in [-0.05, 0) is 33.3 Å². The molecule has 1 heterocycles. The minimum Gasteiger partial charge on any atom is -0.464 e. The van der Waals surface area contributed by atoms with Gasteiger partial charge >= 0.3 is 5.97 Å². The van der Waals surface area contributed by atoms with E-state index in [4.69, 9.17) is 4.74 Å². The Labute approximate surface area is 131 Å². The first-order chi connectivity index (χ1) is 10.2. The van der Waals surface area contributed by atoms with Crippen molar-refractivity contribution in [2.75, 3.05) is 13.7 Å². The van der Waals surface area contributed by atoms with Crippen molar-refractivity contribution < 1.29 is 19.1 Å². The van der Waals surface area contributed by atoms with Crippen LogP contribution in [0.15, 0.2) is 0 Å². The summed E-state index contributed by atoms with van der Waals surface area (Å²) in [7, 11) is 3.03. The molecule has 0 aliphatic carbocycles. The molecule has 1 amide bonds. The molecule has 122 valence electrons. The Morgan fingerprint density at radius 1 is 1.27 bits per heavy atom. The SMILES string of the molecule is CCN(C(C)=O)C(C)C(=O)c1c(C)c(C(=O)OC)n(C)c1C. The Hall–Kier alpha value is -2.11. The highest BCUT2D eigenvalue weighted by Gasteiger charge is 2.30. The number of hydrogen-bond donors (Lipinski definition) is 0. The van der Waals surface area contributed by atoms with Gasteiger partial charge in [-0.1, -0.05) is 0 Å². The molecule has 0 fully saturated rings. The Balaban J connectivity index is 3.36. The van der Waals surface area contributed by atoms with E-state index < -0.39 is 12.0 Å². The van der Waals surface area contributed by atoms with Crippen molar-refractivity contribution in [1.29, 1.82) is 0 Å². The number of amides is 1. The highest BCUT2D eigenvalue weighted by Crippen LogP contribution is 2.24. The minimum absolute atomic E-state index is 0.150. The summed E-state index contributed by atoms with van der Waals surface area (Å²) >= 11 is 0. The molecule has 0 radical (unpaired) electrons. The van der Waals surface area contributed by atoms with Crippen LogP contribution in [0.4, 0.5) is 0 Å². The fourth-order valence-electron chi connectivity index (χ4n) is 2.85. The summed E-state index contributed by atoms with van der Waals surface area (Å²) in [6.07, 6.45) is 0. The van der Waals surface area contributed by atoms with Crippen LogP contribution in [0.2, 0.25) is 0 Å². The van der Waals surface area contributed by atoms with Crippen LogP contribution in [0, 0.1) is 13.8 Å². The molecule has 22 heavy (non-hydrogen) atoms. The Bertz CT molecular complexity index is 616. The van der Waals surface area contributed by atoms with Crippen LogP contribution < -0.4 is 0 Å². The van der Waals surface area contributed by atoms with Gasteiger partial charge in [0.25, 0.3) is 0 Å². The number of methoxy groups -OCH3 is 1. The minimum atomic E-state index is -0.576. The number of hydrogen-bond acceptors (Lipinski definition) is 4. The molecule has 0 N–H and O–H groups in total. The number of ketones is 1. The smallest absolute Gasteiger partial charge is 0.354 e. The number of esters is 1. The van der Waals surface area contributed by atoms with Gasteiger partial charge in [-0.25, -0.2) is 4.79 Å². The van der Waals surface area contributed by atoms with Gasteiger partial charge in [-0.3, -0.25) is 9.59 Å². The molecule has 0 saturated heterocycles. The molecule has 6 heteroatoms. The van der Waals surface area contributed by atoms with Gasteiger partial charge in [-0.15, -0.1) is 0 Å². The van der Waals surface area contributed by atoms with E-state index in [1.807, 2.05) is 6.92 Å². The van der Waals surface area contributed by atoms with E-state index >= 15 is 0 Å². The molecule has 1 unspecified atom stereocenters. The summed E-state index contributed by atoms with van der Waals surface area (Å²) in [5, 5.41) is 0. The zero-order valence-electron chi connectivity index (χ0n) is 14.3. The molecule has 1 aromatic heterocycles. The summed E-state index contributed by atoms with van der Waals surface area (Å²) in [6, 6.07) is -0.576. The zero-order chi connectivity index (χ0) is 17.2.